The second-order valence-electron chi connectivity index (χ2n) is 5.10. The Balaban J connectivity index is 2.96. The van der Waals surface area contributed by atoms with Gasteiger partial charge in [-0.3, -0.25) is 11.3 Å². The summed E-state index contributed by atoms with van der Waals surface area (Å²) in [6, 6.07) is 5.83. The standard InChI is InChI=1S/C15H23F3N2O/c1-3-6-11(7-4-2)14(20-19)12-8-5-9-13(10-12)21-15(16,17)18/h5,8-11,14,20H,3-4,6-7,19H2,1-2H3. The summed E-state index contributed by atoms with van der Waals surface area (Å²) < 4.78 is 40.8. The van der Waals surface area contributed by atoms with Gasteiger partial charge in [0.15, 0.2) is 0 Å². The van der Waals surface area contributed by atoms with Gasteiger partial charge in [-0.25, -0.2) is 0 Å². The summed E-state index contributed by atoms with van der Waals surface area (Å²) >= 11 is 0. The van der Waals surface area contributed by atoms with Crippen LogP contribution in [0.4, 0.5) is 13.2 Å². The molecule has 120 valence electrons. The number of benzene rings is 1. The Bertz CT molecular complexity index is 418. The minimum atomic E-state index is -4.68. The molecule has 0 amide bonds. The van der Waals surface area contributed by atoms with Gasteiger partial charge in [-0.1, -0.05) is 38.8 Å². The van der Waals surface area contributed by atoms with Crippen LogP contribution in [0.1, 0.15) is 51.1 Å². The van der Waals surface area contributed by atoms with Crippen LogP contribution < -0.4 is 16.0 Å². The van der Waals surface area contributed by atoms with Crippen LogP contribution in [0.2, 0.25) is 0 Å². The van der Waals surface area contributed by atoms with Crippen molar-refractivity contribution >= 4 is 0 Å². The molecule has 1 aromatic rings. The number of hydrogen-bond acceptors (Lipinski definition) is 3. The summed E-state index contributed by atoms with van der Waals surface area (Å²) in [5.74, 6) is 5.70. The van der Waals surface area contributed by atoms with Crippen molar-refractivity contribution < 1.29 is 17.9 Å². The second-order valence-corrected chi connectivity index (χ2v) is 5.10. The zero-order valence-electron chi connectivity index (χ0n) is 12.4. The minimum absolute atomic E-state index is 0.179. The van der Waals surface area contributed by atoms with Crippen LogP contribution >= 0.6 is 0 Å². The summed E-state index contributed by atoms with van der Waals surface area (Å²) in [6.45, 7) is 4.17. The quantitative estimate of drug-likeness (QED) is 0.556. The number of nitrogens with one attached hydrogen (secondary N) is 1. The molecule has 0 aliphatic heterocycles. The van der Waals surface area contributed by atoms with Gasteiger partial charge < -0.3 is 4.74 Å². The number of halogens is 3. The summed E-state index contributed by atoms with van der Waals surface area (Å²) in [6.07, 6.45) is -0.750. The van der Waals surface area contributed by atoms with Gasteiger partial charge in [-0.15, -0.1) is 13.2 Å². The van der Waals surface area contributed by atoms with Gasteiger partial charge in [-0.05, 0) is 36.5 Å². The van der Waals surface area contributed by atoms with Gasteiger partial charge in [0.05, 0.1) is 0 Å². The lowest BCUT2D eigenvalue weighted by Crippen LogP contribution is -2.33. The maximum absolute atomic E-state index is 12.3. The molecule has 1 aromatic carbocycles. The Kier molecular flexibility index (Phi) is 6.98. The molecule has 21 heavy (non-hydrogen) atoms. The smallest absolute Gasteiger partial charge is 0.406 e. The molecule has 0 heterocycles. The third kappa shape index (κ3) is 5.93. The average molecular weight is 304 g/mol. The highest BCUT2D eigenvalue weighted by molar-refractivity contribution is 5.31. The second kappa shape index (κ2) is 8.24. The summed E-state index contributed by atoms with van der Waals surface area (Å²) in [4.78, 5) is 0. The van der Waals surface area contributed by atoms with Crippen molar-refractivity contribution in [3.8, 4) is 5.75 Å². The highest BCUT2D eigenvalue weighted by Gasteiger charge is 2.31. The third-order valence-electron chi connectivity index (χ3n) is 3.42. The van der Waals surface area contributed by atoms with Gasteiger partial charge in [0, 0.05) is 6.04 Å². The van der Waals surface area contributed by atoms with E-state index in [9.17, 15) is 13.2 Å². The largest absolute Gasteiger partial charge is 0.573 e. The first-order valence-corrected chi connectivity index (χ1v) is 7.23. The van der Waals surface area contributed by atoms with Crippen LogP contribution in [0, 0.1) is 5.92 Å². The fraction of sp³-hybridized carbons (Fsp3) is 0.600. The highest BCUT2D eigenvalue weighted by Crippen LogP contribution is 2.32. The van der Waals surface area contributed by atoms with Crippen molar-refractivity contribution in [2.75, 3.05) is 0 Å². The molecule has 0 aliphatic rings. The van der Waals surface area contributed by atoms with E-state index in [0.717, 1.165) is 25.7 Å². The Labute approximate surface area is 123 Å². The topological polar surface area (TPSA) is 47.3 Å². The molecule has 3 nitrogen and oxygen atoms in total. The first-order valence-electron chi connectivity index (χ1n) is 7.23. The summed E-state index contributed by atoms with van der Waals surface area (Å²) in [5.41, 5.74) is 3.46. The Hall–Kier alpha value is -1.27. The van der Waals surface area contributed by atoms with Crippen LogP contribution in [0.5, 0.6) is 5.75 Å². The van der Waals surface area contributed by atoms with E-state index in [1.165, 1.54) is 12.1 Å². The lowest BCUT2D eigenvalue weighted by Gasteiger charge is -2.27. The van der Waals surface area contributed by atoms with Gasteiger partial charge in [0.2, 0.25) is 0 Å². The summed E-state index contributed by atoms with van der Waals surface area (Å²) in [7, 11) is 0. The third-order valence-corrected chi connectivity index (χ3v) is 3.42. The fourth-order valence-electron chi connectivity index (χ4n) is 2.63. The SMILES string of the molecule is CCCC(CCC)C(NN)c1cccc(OC(F)(F)F)c1. The van der Waals surface area contributed by atoms with Crippen LogP contribution in [0.3, 0.4) is 0 Å². The fourth-order valence-corrected chi connectivity index (χ4v) is 2.63. The predicted molar refractivity (Wildman–Crippen MR) is 76.5 cm³/mol. The molecule has 0 saturated heterocycles. The number of alkyl halides is 3. The molecule has 0 bridgehead atoms. The number of rotatable bonds is 8. The lowest BCUT2D eigenvalue weighted by molar-refractivity contribution is -0.274. The molecule has 0 fully saturated rings. The molecule has 6 heteroatoms. The van der Waals surface area contributed by atoms with Crippen molar-refractivity contribution in [3.63, 3.8) is 0 Å². The lowest BCUT2D eigenvalue weighted by atomic mass is 9.86. The van der Waals surface area contributed by atoms with E-state index in [1.807, 2.05) is 0 Å². The maximum Gasteiger partial charge on any atom is 0.573 e. The molecule has 0 aromatic heterocycles. The van der Waals surface area contributed by atoms with E-state index in [0.29, 0.717) is 5.56 Å². The zero-order chi connectivity index (χ0) is 15.9. The minimum Gasteiger partial charge on any atom is -0.406 e. The van der Waals surface area contributed by atoms with Crippen molar-refractivity contribution in [2.45, 2.75) is 51.9 Å². The zero-order valence-corrected chi connectivity index (χ0v) is 12.4. The Morgan fingerprint density at radius 3 is 2.29 bits per heavy atom. The van der Waals surface area contributed by atoms with Crippen molar-refractivity contribution in [3.05, 3.63) is 29.8 Å². The van der Waals surface area contributed by atoms with E-state index >= 15 is 0 Å². The average Bonchev–Trinajstić information content (AvgIpc) is 2.38. The number of nitrogens with two attached hydrogens (primary N) is 1. The molecule has 0 aliphatic carbocycles. The van der Waals surface area contributed by atoms with Gasteiger partial charge in [0.25, 0.3) is 0 Å². The monoisotopic (exact) mass is 304 g/mol. The van der Waals surface area contributed by atoms with Crippen LogP contribution in [-0.2, 0) is 0 Å². The van der Waals surface area contributed by atoms with E-state index < -0.39 is 6.36 Å². The van der Waals surface area contributed by atoms with Crippen LogP contribution in [0.25, 0.3) is 0 Å². The number of hydrogen-bond donors (Lipinski definition) is 2. The molecular formula is C15H23F3N2O. The van der Waals surface area contributed by atoms with E-state index in [1.54, 1.807) is 12.1 Å². The molecule has 0 spiro atoms. The molecule has 1 atom stereocenters. The van der Waals surface area contributed by atoms with Crippen molar-refractivity contribution in [2.24, 2.45) is 11.8 Å². The number of hydrazine groups is 1. The molecule has 0 saturated carbocycles. The van der Waals surface area contributed by atoms with E-state index in [-0.39, 0.29) is 17.7 Å². The molecule has 1 unspecified atom stereocenters. The van der Waals surface area contributed by atoms with Gasteiger partial charge in [0.1, 0.15) is 5.75 Å². The van der Waals surface area contributed by atoms with Crippen molar-refractivity contribution in [1.82, 2.24) is 5.43 Å². The normalized spacial score (nSPS) is 13.5. The maximum atomic E-state index is 12.3. The first kappa shape index (κ1) is 17.8. The van der Waals surface area contributed by atoms with E-state index in [2.05, 4.69) is 24.0 Å². The molecule has 3 N–H and O–H groups in total. The molecule has 0 radical (unpaired) electrons. The Morgan fingerprint density at radius 1 is 1.19 bits per heavy atom. The molecule has 1 rings (SSSR count). The van der Waals surface area contributed by atoms with E-state index in [4.69, 9.17) is 5.84 Å². The van der Waals surface area contributed by atoms with Gasteiger partial charge in [-0.2, -0.15) is 0 Å². The Morgan fingerprint density at radius 2 is 1.81 bits per heavy atom. The van der Waals surface area contributed by atoms with Crippen LogP contribution in [-0.4, -0.2) is 6.36 Å². The number of ether oxygens (including phenoxy) is 1. The van der Waals surface area contributed by atoms with Crippen LogP contribution in [0.15, 0.2) is 24.3 Å². The highest BCUT2D eigenvalue weighted by atomic mass is 19.4. The predicted octanol–water partition coefficient (Wildman–Crippen LogP) is 4.31. The first-order chi connectivity index (χ1) is 9.91. The van der Waals surface area contributed by atoms with Gasteiger partial charge >= 0.3 is 6.36 Å². The van der Waals surface area contributed by atoms with Crippen molar-refractivity contribution in [1.29, 1.82) is 0 Å². The summed E-state index contributed by atoms with van der Waals surface area (Å²) in [5, 5.41) is 0. The molecular weight excluding hydrogens is 281 g/mol.